The lowest BCUT2D eigenvalue weighted by Crippen LogP contribution is -2.27. The summed E-state index contributed by atoms with van der Waals surface area (Å²) < 4.78 is 1.90. The molecule has 1 aliphatic rings. The number of hydrogen-bond acceptors (Lipinski definition) is 2. The van der Waals surface area contributed by atoms with Crippen molar-refractivity contribution >= 4 is 0 Å². The summed E-state index contributed by atoms with van der Waals surface area (Å²) in [5.41, 5.74) is 0.573. The SMILES string of the molecule is CCn1nccc1C1(O)CCC(C)(C)C1. The van der Waals surface area contributed by atoms with Gasteiger partial charge >= 0.3 is 0 Å². The van der Waals surface area contributed by atoms with E-state index < -0.39 is 5.60 Å². The summed E-state index contributed by atoms with van der Waals surface area (Å²) in [6.07, 6.45) is 4.55. The van der Waals surface area contributed by atoms with Crippen LogP contribution in [0.4, 0.5) is 0 Å². The van der Waals surface area contributed by atoms with Crippen molar-refractivity contribution in [1.29, 1.82) is 0 Å². The topological polar surface area (TPSA) is 38.0 Å². The zero-order valence-electron chi connectivity index (χ0n) is 9.82. The van der Waals surface area contributed by atoms with E-state index in [1.807, 2.05) is 10.7 Å². The molecule has 3 heteroatoms. The molecule has 1 unspecified atom stereocenters. The minimum Gasteiger partial charge on any atom is -0.384 e. The first-order chi connectivity index (χ1) is 6.97. The van der Waals surface area contributed by atoms with Crippen LogP contribution < -0.4 is 0 Å². The molecule has 0 spiro atoms. The Morgan fingerprint density at radius 2 is 2.20 bits per heavy atom. The van der Waals surface area contributed by atoms with Crippen LogP contribution in [-0.2, 0) is 12.1 Å². The first-order valence-electron chi connectivity index (χ1n) is 5.71. The molecule has 2 rings (SSSR count). The van der Waals surface area contributed by atoms with Gasteiger partial charge in [-0.3, -0.25) is 4.68 Å². The van der Waals surface area contributed by atoms with Gasteiger partial charge in [-0.15, -0.1) is 0 Å². The number of aromatic nitrogens is 2. The summed E-state index contributed by atoms with van der Waals surface area (Å²) in [5.74, 6) is 0. The summed E-state index contributed by atoms with van der Waals surface area (Å²) in [5, 5.41) is 14.9. The maximum Gasteiger partial charge on any atom is 0.107 e. The van der Waals surface area contributed by atoms with Gasteiger partial charge in [-0.2, -0.15) is 5.10 Å². The number of aliphatic hydroxyl groups is 1. The monoisotopic (exact) mass is 208 g/mol. The summed E-state index contributed by atoms with van der Waals surface area (Å²) >= 11 is 0. The van der Waals surface area contributed by atoms with E-state index in [2.05, 4.69) is 25.9 Å². The zero-order chi connectivity index (χ0) is 11.1. The largest absolute Gasteiger partial charge is 0.384 e. The van der Waals surface area contributed by atoms with Crippen molar-refractivity contribution in [1.82, 2.24) is 9.78 Å². The average Bonchev–Trinajstić information content (AvgIpc) is 2.71. The van der Waals surface area contributed by atoms with Gasteiger partial charge in [0.25, 0.3) is 0 Å². The van der Waals surface area contributed by atoms with Crippen molar-refractivity contribution < 1.29 is 5.11 Å². The number of aryl methyl sites for hydroxylation is 1. The van der Waals surface area contributed by atoms with Crippen LogP contribution in [0.2, 0.25) is 0 Å². The van der Waals surface area contributed by atoms with Gasteiger partial charge in [0.2, 0.25) is 0 Å². The fraction of sp³-hybridized carbons (Fsp3) is 0.750. The van der Waals surface area contributed by atoms with Crippen LogP contribution in [0.15, 0.2) is 12.3 Å². The van der Waals surface area contributed by atoms with E-state index in [0.717, 1.165) is 31.5 Å². The fourth-order valence-corrected chi connectivity index (χ4v) is 2.71. The molecule has 0 aromatic carbocycles. The Morgan fingerprint density at radius 1 is 1.47 bits per heavy atom. The van der Waals surface area contributed by atoms with Crippen LogP contribution in [-0.4, -0.2) is 14.9 Å². The molecule has 1 heterocycles. The lowest BCUT2D eigenvalue weighted by Gasteiger charge is -2.25. The Kier molecular flexibility index (Phi) is 2.38. The molecular weight excluding hydrogens is 188 g/mol. The van der Waals surface area contributed by atoms with Gasteiger partial charge < -0.3 is 5.11 Å². The van der Waals surface area contributed by atoms with E-state index in [4.69, 9.17) is 0 Å². The highest BCUT2D eigenvalue weighted by Gasteiger charge is 2.44. The second-order valence-electron chi connectivity index (χ2n) is 5.40. The number of nitrogens with zero attached hydrogens (tertiary/aromatic N) is 2. The van der Waals surface area contributed by atoms with Crippen LogP contribution in [0.1, 0.15) is 45.7 Å². The molecule has 1 aromatic heterocycles. The van der Waals surface area contributed by atoms with Crippen LogP contribution >= 0.6 is 0 Å². The molecule has 84 valence electrons. The Bertz CT molecular complexity index is 356. The first kappa shape index (κ1) is 10.7. The highest BCUT2D eigenvalue weighted by atomic mass is 16.3. The maximum atomic E-state index is 10.6. The molecule has 1 fully saturated rings. The molecule has 0 aliphatic heterocycles. The van der Waals surface area contributed by atoms with E-state index in [1.54, 1.807) is 6.20 Å². The molecule has 15 heavy (non-hydrogen) atoms. The van der Waals surface area contributed by atoms with Crippen molar-refractivity contribution in [2.75, 3.05) is 0 Å². The second kappa shape index (κ2) is 3.34. The molecular formula is C12H20N2O. The molecule has 3 nitrogen and oxygen atoms in total. The molecule has 1 aromatic rings. The molecule has 0 saturated heterocycles. The van der Waals surface area contributed by atoms with Gasteiger partial charge in [-0.1, -0.05) is 13.8 Å². The number of hydrogen-bond donors (Lipinski definition) is 1. The van der Waals surface area contributed by atoms with Crippen LogP contribution in [0, 0.1) is 5.41 Å². The van der Waals surface area contributed by atoms with Crippen molar-refractivity contribution in [2.45, 2.75) is 52.2 Å². The normalized spacial score (nSPS) is 29.6. The summed E-state index contributed by atoms with van der Waals surface area (Å²) in [7, 11) is 0. The maximum absolute atomic E-state index is 10.6. The van der Waals surface area contributed by atoms with E-state index in [0.29, 0.717) is 0 Å². The molecule has 0 bridgehead atoms. The second-order valence-corrected chi connectivity index (χ2v) is 5.40. The Hall–Kier alpha value is -0.830. The molecule has 0 radical (unpaired) electrons. The Labute approximate surface area is 91.1 Å². The van der Waals surface area contributed by atoms with Crippen molar-refractivity contribution in [2.24, 2.45) is 5.41 Å². The third kappa shape index (κ3) is 1.81. The average molecular weight is 208 g/mol. The van der Waals surface area contributed by atoms with Crippen LogP contribution in [0.5, 0.6) is 0 Å². The third-order valence-corrected chi connectivity index (χ3v) is 3.48. The van der Waals surface area contributed by atoms with E-state index >= 15 is 0 Å². The lowest BCUT2D eigenvalue weighted by molar-refractivity contribution is 0.0249. The van der Waals surface area contributed by atoms with Gasteiger partial charge in [0.15, 0.2) is 0 Å². The van der Waals surface area contributed by atoms with Crippen molar-refractivity contribution in [3.8, 4) is 0 Å². The number of rotatable bonds is 2. The van der Waals surface area contributed by atoms with Crippen molar-refractivity contribution in [3.05, 3.63) is 18.0 Å². The molecule has 1 aliphatic carbocycles. The third-order valence-electron chi connectivity index (χ3n) is 3.48. The quantitative estimate of drug-likeness (QED) is 0.809. The van der Waals surface area contributed by atoms with Gasteiger partial charge in [0.05, 0.1) is 5.69 Å². The molecule has 0 amide bonds. The van der Waals surface area contributed by atoms with Gasteiger partial charge in [0.1, 0.15) is 5.60 Å². The smallest absolute Gasteiger partial charge is 0.107 e. The summed E-state index contributed by atoms with van der Waals surface area (Å²) in [6, 6.07) is 1.95. The zero-order valence-corrected chi connectivity index (χ0v) is 9.82. The van der Waals surface area contributed by atoms with E-state index in [-0.39, 0.29) is 5.41 Å². The standard InChI is InChI=1S/C12H20N2O/c1-4-14-10(5-8-13-14)12(15)7-6-11(2,3)9-12/h5,8,15H,4,6-7,9H2,1-3H3. The minimum atomic E-state index is -0.657. The molecule has 1 saturated carbocycles. The van der Waals surface area contributed by atoms with Crippen LogP contribution in [0.25, 0.3) is 0 Å². The minimum absolute atomic E-state index is 0.248. The van der Waals surface area contributed by atoms with E-state index in [1.165, 1.54) is 0 Å². The first-order valence-corrected chi connectivity index (χ1v) is 5.71. The summed E-state index contributed by atoms with van der Waals surface area (Å²) in [6.45, 7) is 7.32. The van der Waals surface area contributed by atoms with Gasteiger partial charge in [0, 0.05) is 12.7 Å². The molecule has 1 atom stereocenters. The fourth-order valence-electron chi connectivity index (χ4n) is 2.71. The lowest BCUT2D eigenvalue weighted by atomic mass is 9.88. The van der Waals surface area contributed by atoms with Crippen molar-refractivity contribution in [3.63, 3.8) is 0 Å². The van der Waals surface area contributed by atoms with E-state index in [9.17, 15) is 5.11 Å². The van der Waals surface area contributed by atoms with Gasteiger partial charge in [-0.25, -0.2) is 0 Å². The van der Waals surface area contributed by atoms with Gasteiger partial charge in [-0.05, 0) is 37.7 Å². The van der Waals surface area contributed by atoms with Crippen LogP contribution in [0.3, 0.4) is 0 Å². The highest BCUT2D eigenvalue weighted by molar-refractivity contribution is 5.15. The summed E-state index contributed by atoms with van der Waals surface area (Å²) in [4.78, 5) is 0. The Balaban J connectivity index is 2.31. The predicted octanol–water partition coefficient (Wildman–Crippen LogP) is 2.30. The molecule has 1 N–H and O–H groups in total. The Morgan fingerprint density at radius 3 is 2.73 bits per heavy atom. The highest BCUT2D eigenvalue weighted by Crippen LogP contribution is 2.48. The predicted molar refractivity (Wildman–Crippen MR) is 59.4 cm³/mol.